The number of ether oxygens (including phenoxy) is 2. The first kappa shape index (κ1) is 17.5. The van der Waals surface area contributed by atoms with Crippen LogP contribution in [0.5, 0.6) is 5.75 Å². The lowest BCUT2D eigenvalue weighted by molar-refractivity contribution is -0.247. The quantitative estimate of drug-likeness (QED) is 0.376. The van der Waals surface area contributed by atoms with Crippen LogP contribution in [0, 0.1) is 0 Å². The molecule has 0 aliphatic rings. The fraction of sp³-hybridized carbons (Fsp3) is 0.562. The van der Waals surface area contributed by atoms with Crippen LogP contribution in [0.25, 0.3) is 0 Å². The van der Waals surface area contributed by atoms with Crippen LogP contribution in [-0.2, 0) is 14.5 Å². The van der Waals surface area contributed by atoms with Gasteiger partial charge in [0.1, 0.15) is 12.4 Å². The zero-order valence-corrected chi connectivity index (χ0v) is 13.0. The maximum atomic E-state index is 11.7. The molecule has 118 valence electrons. The van der Waals surface area contributed by atoms with Crippen LogP contribution in [0.2, 0.25) is 0 Å². The van der Waals surface area contributed by atoms with Gasteiger partial charge < -0.3 is 9.47 Å². The predicted octanol–water partition coefficient (Wildman–Crippen LogP) is 3.38. The molecule has 0 saturated heterocycles. The first-order valence-electron chi connectivity index (χ1n) is 7.31. The lowest BCUT2D eigenvalue weighted by Gasteiger charge is -2.09. The highest BCUT2D eigenvalue weighted by atomic mass is 17.2. The number of benzene rings is 1. The maximum absolute atomic E-state index is 11.7. The van der Waals surface area contributed by atoms with Gasteiger partial charge in [0.05, 0.1) is 18.3 Å². The zero-order chi connectivity index (χ0) is 15.5. The molecule has 5 heteroatoms. The van der Waals surface area contributed by atoms with Crippen molar-refractivity contribution in [3.05, 3.63) is 29.8 Å². The molecule has 0 N–H and O–H groups in total. The van der Waals surface area contributed by atoms with Crippen LogP contribution < -0.4 is 4.74 Å². The van der Waals surface area contributed by atoms with Gasteiger partial charge in [-0.25, -0.2) is 4.79 Å². The fourth-order valence-electron chi connectivity index (χ4n) is 1.53. The monoisotopic (exact) mass is 296 g/mol. The van der Waals surface area contributed by atoms with E-state index in [1.165, 1.54) is 0 Å². The Kier molecular flexibility index (Phi) is 8.47. The number of carbonyl (C=O) groups is 1. The minimum atomic E-state index is -0.528. The van der Waals surface area contributed by atoms with Gasteiger partial charge >= 0.3 is 5.97 Å². The van der Waals surface area contributed by atoms with Crippen LogP contribution >= 0.6 is 0 Å². The third-order valence-electron chi connectivity index (χ3n) is 2.55. The summed E-state index contributed by atoms with van der Waals surface area (Å²) in [6.45, 7) is 7.32. The van der Waals surface area contributed by atoms with Crippen molar-refractivity contribution in [3.63, 3.8) is 0 Å². The van der Waals surface area contributed by atoms with Crippen molar-refractivity contribution in [1.82, 2.24) is 0 Å². The molecule has 0 aliphatic heterocycles. The average molecular weight is 296 g/mol. The molecule has 1 rings (SSSR count). The minimum Gasteiger partial charge on any atom is -0.491 e. The number of rotatable bonds is 10. The van der Waals surface area contributed by atoms with Crippen LogP contribution in [-0.4, -0.2) is 31.9 Å². The molecule has 0 unspecified atom stereocenters. The van der Waals surface area contributed by atoms with E-state index in [4.69, 9.17) is 19.2 Å². The largest absolute Gasteiger partial charge is 0.491 e. The molecule has 0 spiro atoms. The molecule has 0 fully saturated rings. The summed E-state index contributed by atoms with van der Waals surface area (Å²) in [4.78, 5) is 21.2. The summed E-state index contributed by atoms with van der Waals surface area (Å²) in [6, 6.07) is 6.73. The van der Waals surface area contributed by atoms with Crippen LogP contribution in [0.1, 0.15) is 44.0 Å². The van der Waals surface area contributed by atoms with Crippen molar-refractivity contribution in [3.8, 4) is 5.75 Å². The summed E-state index contributed by atoms with van der Waals surface area (Å²) in [5.41, 5.74) is 0.415. The third-order valence-corrected chi connectivity index (χ3v) is 2.55. The van der Waals surface area contributed by atoms with E-state index in [2.05, 4.69) is 6.92 Å². The SMILES string of the molecule is CCCCOCCOOC(=O)c1ccc(OC(C)C)cc1. The molecule has 5 nitrogen and oxygen atoms in total. The zero-order valence-electron chi connectivity index (χ0n) is 13.0. The van der Waals surface area contributed by atoms with E-state index >= 15 is 0 Å². The third kappa shape index (κ3) is 7.68. The lowest BCUT2D eigenvalue weighted by Crippen LogP contribution is -2.11. The van der Waals surface area contributed by atoms with Crippen molar-refractivity contribution in [2.24, 2.45) is 0 Å². The molecule has 1 aromatic rings. The molecular formula is C16H24O5. The molecule has 0 heterocycles. The van der Waals surface area contributed by atoms with Crippen molar-refractivity contribution in [2.75, 3.05) is 19.8 Å². The van der Waals surface area contributed by atoms with Gasteiger partial charge in [-0.1, -0.05) is 13.3 Å². The van der Waals surface area contributed by atoms with Gasteiger partial charge in [0, 0.05) is 6.61 Å². The summed E-state index contributed by atoms with van der Waals surface area (Å²) in [5, 5.41) is 0. The summed E-state index contributed by atoms with van der Waals surface area (Å²) < 4.78 is 10.8. The van der Waals surface area contributed by atoms with E-state index in [-0.39, 0.29) is 12.7 Å². The average Bonchev–Trinajstić information content (AvgIpc) is 2.46. The van der Waals surface area contributed by atoms with Crippen molar-refractivity contribution < 1.29 is 24.0 Å². The number of unbranched alkanes of at least 4 members (excludes halogenated alkanes) is 1. The second-order valence-electron chi connectivity index (χ2n) is 4.85. The van der Waals surface area contributed by atoms with E-state index < -0.39 is 5.97 Å². The molecule has 0 aliphatic carbocycles. The van der Waals surface area contributed by atoms with Gasteiger partial charge in [-0.05, 0) is 44.5 Å². The highest BCUT2D eigenvalue weighted by molar-refractivity contribution is 5.89. The first-order chi connectivity index (χ1) is 10.1. The molecule has 0 radical (unpaired) electrons. The van der Waals surface area contributed by atoms with Crippen molar-refractivity contribution in [2.45, 2.75) is 39.7 Å². The maximum Gasteiger partial charge on any atom is 0.373 e. The van der Waals surface area contributed by atoms with Gasteiger partial charge in [-0.15, -0.1) is 0 Å². The van der Waals surface area contributed by atoms with Crippen LogP contribution in [0.4, 0.5) is 0 Å². The molecule has 21 heavy (non-hydrogen) atoms. The fourth-order valence-corrected chi connectivity index (χ4v) is 1.53. The Morgan fingerprint density at radius 2 is 1.81 bits per heavy atom. The summed E-state index contributed by atoms with van der Waals surface area (Å²) in [6.07, 6.45) is 2.20. The highest BCUT2D eigenvalue weighted by Crippen LogP contribution is 2.14. The standard InChI is InChI=1S/C16H24O5/c1-4-5-10-18-11-12-19-21-16(17)14-6-8-15(9-7-14)20-13(2)3/h6-9,13H,4-5,10-12H2,1-3H3. The molecule has 0 saturated carbocycles. The Hall–Kier alpha value is -1.59. The van der Waals surface area contributed by atoms with Crippen molar-refractivity contribution >= 4 is 5.97 Å². The normalized spacial score (nSPS) is 10.7. The Bertz CT molecular complexity index is 400. The molecule has 0 aromatic heterocycles. The van der Waals surface area contributed by atoms with Crippen LogP contribution in [0.3, 0.4) is 0 Å². The second kappa shape index (κ2) is 10.2. The first-order valence-corrected chi connectivity index (χ1v) is 7.31. The van der Waals surface area contributed by atoms with E-state index in [0.29, 0.717) is 24.5 Å². The van der Waals surface area contributed by atoms with Crippen molar-refractivity contribution in [1.29, 1.82) is 0 Å². The Labute approximate surface area is 126 Å². The predicted molar refractivity (Wildman–Crippen MR) is 79.3 cm³/mol. The highest BCUT2D eigenvalue weighted by Gasteiger charge is 2.08. The Balaban J connectivity index is 2.22. The van der Waals surface area contributed by atoms with E-state index in [9.17, 15) is 4.79 Å². The number of hydrogen-bond donors (Lipinski definition) is 0. The minimum absolute atomic E-state index is 0.0962. The summed E-state index contributed by atoms with van der Waals surface area (Å²) in [7, 11) is 0. The van der Waals surface area contributed by atoms with E-state index in [1.807, 2.05) is 13.8 Å². The molecule has 0 atom stereocenters. The molecule has 1 aromatic carbocycles. The Morgan fingerprint density at radius 1 is 1.10 bits per heavy atom. The van der Waals surface area contributed by atoms with Gasteiger partial charge in [0.15, 0.2) is 0 Å². The molecular weight excluding hydrogens is 272 g/mol. The van der Waals surface area contributed by atoms with Gasteiger partial charge in [-0.2, -0.15) is 4.89 Å². The summed E-state index contributed by atoms with van der Waals surface area (Å²) >= 11 is 0. The molecule has 0 amide bonds. The molecule has 0 bridgehead atoms. The van der Waals surface area contributed by atoms with Gasteiger partial charge in [0.2, 0.25) is 0 Å². The second-order valence-corrected chi connectivity index (χ2v) is 4.85. The smallest absolute Gasteiger partial charge is 0.373 e. The van der Waals surface area contributed by atoms with Crippen LogP contribution in [0.15, 0.2) is 24.3 Å². The topological polar surface area (TPSA) is 54.0 Å². The Morgan fingerprint density at radius 3 is 2.43 bits per heavy atom. The number of carbonyl (C=O) groups excluding carboxylic acids is 1. The summed E-state index contributed by atoms with van der Waals surface area (Å²) in [5.74, 6) is 0.187. The van der Waals surface area contributed by atoms with E-state index in [1.54, 1.807) is 24.3 Å². The van der Waals surface area contributed by atoms with Gasteiger partial charge in [-0.3, -0.25) is 4.89 Å². The van der Waals surface area contributed by atoms with E-state index in [0.717, 1.165) is 12.8 Å². The number of hydrogen-bond acceptors (Lipinski definition) is 5. The van der Waals surface area contributed by atoms with Gasteiger partial charge in [0.25, 0.3) is 0 Å². The lowest BCUT2D eigenvalue weighted by atomic mass is 10.2.